The van der Waals surface area contributed by atoms with Crippen molar-refractivity contribution in [3.05, 3.63) is 105 Å². The fourth-order valence-electron chi connectivity index (χ4n) is 3.47. The van der Waals surface area contributed by atoms with Gasteiger partial charge in [0.2, 0.25) is 10.0 Å². The monoisotopic (exact) mass is 522 g/mol. The first-order chi connectivity index (χ1) is 17.3. The molecule has 0 aliphatic heterocycles. The summed E-state index contributed by atoms with van der Waals surface area (Å²) < 4.78 is 27.6. The van der Waals surface area contributed by atoms with Crippen LogP contribution in [0.15, 0.2) is 89.1 Å². The molecule has 0 saturated carbocycles. The van der Waals surface area contributed by atoms with Gasteiger partial charge in [0.1, 0.15) is 0 Å². The molecule has 0 aliphatic rings. The minimum absolute atomic E-state index is 0.0184. The van der Waals surface area contributed by atoms with Crippen molar-refractivity contribution in [1.29, 1.82) is 0 Å². The number of hydrogen-bond acceptors (Lipinski definition) is 7. The van der Waals surface area contributed by atoms with Gasteiger partial charge in [0.05, 0.1) is 15.5 Å². The number of carbonyl (C=O) groups is 1. The summed E-state index contributed by atoms with van der Waals surface area (Å²) >= 11 is 1.21. The normalized spacial score (nSPS) is 11.4. The van der Waals surface area contributed by atoms with E-state index in [9.17, 15) is 23.3 Å². The van der Waals surface area contributed by atoms with Gasteiger partial charge < -0.3 is 0 Å². The molecule has 0 saturated heterocycles. The Morgan fingerprint density at radius 2 is 1.69 bits per heavy atom. The van der Waals surface area contributed by atoms with Gasteiger partial charge in [0.25, 0.3) is 11.6 Å². The molecule has 0 fully saturated rings. The molecular formula is C25H22N4O5S2. The molecule has 184 valence electrons. The lowest BCUT2D eigenvalue weighted by Gasteiger charge is -2.20. The number of aromatic nitrogens is 1. The first-order valence-electron chi connectivity index (χ1n) is 10.9. The molecule has 1 amide bonds. The van der Waals surface area contributed by atoms with Crippen molar-refractivity contribution >= 4 is 38.1 Å². The lowest BCUT2D eigenvalue weighted by molar-refractivity contribution is -0.384. The molecule has 0 bridgehead atoms. The van der Waals surface area contributed by atoms with Gasteiger partial charge in [-0.25, -0.2) is 13.4 Å². The van der Waals surface area contributed by atoms with E-state index in [1.54, 1.807) is 24.4 Å². The van der Waals surface area contributed by atoms with Crippen LogP contribution in [-0.2, 0) is 16.6 Å². The van der Waals surface area contributed by atoms with Crippen LogP contribution in [0.3, 0.4) is 0 Å². The van der Waals surface area contributed by atoms with Crippen LogP contribution < -0.4 is 5.32 Å². The van der Waals surface area contributed by atoms with E-state index >= 15 is 0 Å². The van der Waals surface area contributed by atoms with Crippen LogP contribution in [0, 0.1) is 10.1 Å². The number of nitrogens with zero attached hydrogens (tertiary/aromatic N) is 3. The van der Waals surface area contributed by atoms with Crippen LogP contribution in [0.1, 0.15) is 22.8 Å². The number of anilines is 1. The summed E-state index contributed by atoms with van der Waals surface area (Å²) in [5.74, 6) is -0.430. The summed E-state index contributed by atoms with van der Waals surface area (Å²) in [6, 6.07) is 21.1. The van der Waals surface area contributed by atoms with Gasteiger partial charge in [-0.05, 0) is 42.0 Å². The highest BCUT2D eigenvalue weighted by molar-refractivity contribution is 7.89. The molecule has 9 nitrogen and oxygen atoms in total. The lowest BCUT2D eigenvalue weighted by atomic mass is 10.1. The lowest BCUT2D eigenvalue weighted by Crippen LogP contribution is -2.30. The molecule has 4 rings (SSSR count). The molecular weight excluding hydrogens is 500 g/mol. The standard InChI is InChI=1S/C25H22N4O5S2/c1-2-28(16-18-6-4-3-5-7-18)36(33,34)22-14-10-20(11-15-22)24(30)27-25-26-23(17-35-25)19-8-12-21(13-9-19)29(31)32/h3-15,17H,2,16H2,1H3,(H,26,27,30). The Labute approximate surface area is 212 Å². The topological polar surface area (TPSA) is 123 Å². The zero-order valence-corrected chi connectivity index (χ0v) is 20.8. The number of nitro groups is 1. The summed E-state index contributed by atoms with van der Waals surface area (Å²) in [6.45, 7) is 2.34. The van der Waals surface area contributed by atoms with Crippen LogP contribution in [0.5, 0.6) is 0 Å². The highest BCUT2D eigenvalue weighted by Crippen LogP contribution is 2.27. The second-order valence-corrected chi connectivity index (χ2v) is 10.5. The van der Waals surface area contributed by atoms with Crippen LogP contribution in [-0.4, -0.2) is 35.1 Å². The molecule has 0 unspecified atom stereocenters. The third-order valence-electron chi connectivity index (χ3n) is 5.41. The van der Waals surface area contributed by atoms with Crippen molar-refractivity contribution in [2.45, 2.75) is 18.4 Å². The highest BCUT2D eigenvalue weighted by atomic mass is 32.2. The maximum absolute atomic E-state index is 13.1. The van der Waals surface area contributed by atoms with Crippen LogP contribution in [0.2, 0.25) is 0 Å². The van der Waals surface area contributed by atoms with Crippen molar-refractivity contribution < 1.29 is 18.1 Å². The molecule has 1 N–H and O–H groups in total. The van der Waals surface area contributed by atoms with Crippen molar-refractivity contribution in [3.8, 4) is 11.3 Å². The zero-order valence-electron chi connectivity index (χ0n) is 19.2. The number of thiazole rings is 1. The van der Waals surface area contributed by atoms with Gasteiger partial charge >= 0.3 is 0 Å². The molecule has 3 aromatic carbocycles. The van der Waals surface area contributed by atoms with Gasteiger partial charge in [-0.1, -0.05) is 37.3 Å². The van der Waals surface area contributed by atoms with Gasteiger partial charge in [0.15, 0.2) is 5.13 Å². The molecule has 11 heteroatoms. The summed E-state index contributed by atoms with van der Waals surface area (Å²) in [7, 11) is -3.74. The first kappa shape index (κ1) is 25.2. The van der Waals surface area contributed by atoms with E-state index in [2.05, 4.69) is 10.3 Å². The largest absolute Gasteiger partial charge is 0.298 e. The Bertz CT molecular complexity index is 1470. The number of benzene rings is 3. The highest BCUT2D eigenvalue weighted by Gasteiger charge is 2.23. The SMILES string of the molecule is CCN(Cc1ccccc1)S(=O)(=O)c1ccc(C(=O)Nc2nc(-c3ccc([N+](=O)[O-])cc3)cs2)cc1. The number of amides is 1. The van der Waals surface area contributed by atoms with E-state index in [0.717, 1.165) is 5.56 Å². The molecule has 0 radical (unpaired) electrons. The van der Waals surface area contributed by atoms with E-state index in [-0.39, 0.29) is 22.7 Å². The fraction of sp³-hybridized carbons (Fsp3) is 0.120. The second-order valence-electron chi connectivity index (χ2n) is 7.74. The van der Waals surface area contributed by atoms with Crippen LogP contribution >= 0.6 is 11.3 Å². The van der Waals surface area contributed by atoms with Crippen molar-refractivity contribution in [2.24, 2.45) is 0 Å². The van der Waals surface area contributed by atoms with Crippen molar-refractivity contribution in [2.75, 3.05) is 11.9 Å². The number of nitrogens with one attached hydrogen (secondary N) is 1. The Morgan fingerprint density at radius 1 is 1.03 bits per heavy atom. The Morgan fingerprint density at radius 3 is 2.31 bits per heavy atom. The summed E-state index contributed by atoms with van der Waals surface area (Å²) in [4.78, 5) is 27.5. The third kappa shape index (κ3) is 5.65. The predicted octanol–water partition coefficient (Wildman–Crippen LogP) is 5.18. The molecule has 0 aliphatic carbocycles. The summed E-state index contributed by atoms with van der Waals surface area (Å²) in [6.07, 6.45) is 0. The number of non-ortho nitro benzene ring substituents is 1. The van der Waals surface area contributed by atoms with Gasteiger partial charge in [-0.2, -0.15) is 4.31 Å². The summed E-state index contributed by atoms with van der Waals surface area (Å²) in [5, 5.41) is 15.6. The predicted molar refractivity (Wildman–Crippen MR) is 138 cm³/mol. The number of hydrogen-bond donors (Lipinski definition) is 1. The van der Waals surface area contributed by atoms with Crippen LogP contribution in [0.25, 0.3) is 11.3 Å². The number of sulfonamides is 1. The fourth-order valence-corrected chi connectivity index (χ4v) is 5.62. The minimum atomic E-state index is -3.74. The quantitative estimate of drug-likeness (QED) is 0.239. The van der Waals surface area contributed by atoms with Crippen molar-refractivity contribution in [3.63, 3.8) is 0 Å². The number of nitro benzene ring substituents is 1. The third-order valence-corrected chi connectivity index (χ3v) is 8.10. The van der Waals surface area contributed by atoms with Gasteiger partial charge in [-0.15, -0.1) is 11.3 Å². The Kier molecular flexibility index (Phi) is 7.53. The van der Waals surface area contributed by atoms with Crippen LogP contribution in [0.4, 0.5) is 10.8 Å². The molecule has 36 heavy (non-hydrogen) atoms. The van der Waals surface area contributed by atoms with E-state index in [4.69, 9.17) is 0 Å². The summed E-state index contributed by atoms with van der Waals surface area (Å²) in [5.41, 5.74) is 2.41. The minimum Gasteiger partial charge on any atom is -0.298 e. The molecule has 1 heterocycles. The smallest absolute Gasteiger partial charge is 0.269 e. The van der Waals surface area contributed by atoms with E-state index in [1.807, 2.05) is 30.3 Å². The maximum atomic E-state index is 13.1. The Balaban J connectivity index is 1.44. The molecule has 1 aromatic heterocycles. The number of carbonyl (C=O) groups excluding carboxylic acids is 1. The average Bonchev–Trinajstić information content (AvgIpc) is 3.36. The number of rotatable bonds is 9. The molecule has 0 spiro atoms. The van der Waals surface area contributed by atoms with E-state index in [1.165, 1.54) is 52.0 Å². The van der Waals surface area contributed by atoms with E-state index < -0.39 is 20.9 Å². The maximum Gasteiger partial charge on any atom is 0.269 e. The zero-order chi connectivity index (χ0) is 25.7. The average molecular weight is 523 g/mol. The van der Waals surface area contributed by atoms with Gasteiger partial charge in [0, 0.05) is 41.7 Å². The van der Waals surface area contributed by atoms with E-state index in [0.29, 0.717) is 22.9 Å². The Hall–Kier alpha value is -3.93. The van der Waals surface area contributed by atoms with Crippen molar-refractivity contribution in [1.82, 2.24) is 9.29 Å². The second kappa shape index (κ2) is 10.8. The molecule has 4 aromatic rings. The molecule has 0 atom stereocenters. The van der Waals surface area contributed by atoms with Gasteiger partial charge in [-0.3, -0.25) is 20.2 Å². The first-order valence-corrected chi connectivity index (χ1v) is 13.3.